The van der Waals surface area contributed by atoms with Crippen LogP contribution in [0.15, 0.2) is 48.7 Å². The molecule has 0 spiro atoms. The lowest BCUT2D eigenvalue weighted by molar-refractivity contribution is -0.659. The summed E-state index contributed by atoms with van der Waals surface area (Å²) in [5.74, 6) is 0.615. The van der Waals surface area contributed by atoms with Crippen molar-refractivity contribution in [3.05, 3.63) is 59.9 Å². The molecule has 3 aromatic rings. The molecule has 22 heavy (non-hydrogen) atoms. The van der Waals surface area contributed by atoms with E-state index < -0.39 is 0 Å². The predicted molar refractivity (Wildman–Crippen MR) is 91.6 cm³/mol. The monoisotopic (exact) mass is 291 g/mol. The molecule has 2 aromatic heterocycles. The Bertz CT molecular complexity index is 819. The Hall–Kier alpha value is -2.22. The summed E-state index contributed by atoms with van der Waals surface area (Å²) in [6.07, 6.45) is 3.13. The van der Waals surface area contributed by atoms with Crippen LogP contribution in [-0.4, -0.2) is 4.98 Å². The fourth-order valence-electron chi connectivity index (χ4n) is 2.96. The largest absolute Gasteiger partial charge is 0.246 e. The molecule has 0 aliphatic rings. The second kappa shape index (κ2) is 5.88. The predicted octanol–water partition coefficient (Wildman–Crippen LogP) is 4.23. The van der Waals surface area contributed by atoms with Gasteiger partial charge in [-0.3, -0.25) is 0 Å². The van der Waals surface area contributed by atoms with E-state index in [0.717, 1.165) is 11.9 Å². The Balaban J connectivity index is 2.28. The molecule has 0 N–H and O–H groups in total. The summed E-state index contributed by atoms with van der Waals surface area (Å²) in [4.78, 5) is 4.97. The molecule has 0 amide bonds. The Labute approximate surface area is 132 Å². The van der Waals surface area contributed by atoms with Crippen LogP contribution in [0.4, 0.5) is 0 Å². The second-order valence-electron chi connectivity index (χ2n) is 6.43. The lowest BCUT2D eigenvalue weighted by Gasteiger charge is -2.09. The zero-order valence-corrected chi connectivity index (χ0v) is 13.8. The normalized spacial score (nSPS) is 11.3. The highest BCUT2D eigenvalue weighted by Gasteiger charge is 2.18. The number of fused-ring (bicyclic) bond motifs is 1. The molecule has 0 aliphatic carbocycles. The Morgan fingerprint density at radius 1 is 1.05 bits per heavy atom. The lowest BCUT2D eigenvalue weighted by Crippen LogP contribution is -2.31. The Morgan fingerprint density at radius 2 is 1.82 bits per heavy atom. The SMILES string of the molecule is Cc1ccccc1-c1c2nc(CC(C)C)ccc2cc[n+]1C. The highest BCUT2D eigenvalue weighted by atomic mass is 14.9. The summed E-state index contributed by atoms with van der Waals surface area (Å²) in [6.45, 7) is 6.63. The van der Waals surface area contributed by atoms with Crippen molar-refractivity contribution in [1.82, 2.24) is 4.98 Å². The Morgan fingerprint density at radius 3 is 2.55 bits per heavy atom. The molecule has 2 heteroatoms. The molecule has 0 fully saturated rings. The summed E-state index contributed by atoms with van der Waals surface area (Å²) in [5, 5.41) is 1.20. The first-order valence-electron chi connectivity index (χ1n) is 7.90. The van der Waals surface area contributed by atoms with Gasteiger partial charge in [0, 0.05) is 17.1 Å². The molecular weight excluding hydrogens is 268 g/mol. The van der Waals surface area contributed by atoms with E-state index in [0.29, 0.717) is 5.92 Å². The molecule has 2 heterocycles. The minimum absolute atomic E-state index is 0.615. The first kappa shape index (κ1) is 14.7. The second-order valence-corrected chi connectivity index (χ2v) is 6.43. The molecule has 0 saturated carbocycles. The van der Waals surface area contributed by atoms with Crippen LogP contribution >= 0.6 is 0 Å². The van der Waals surface area contributed by atoms with Crippen LogP contribution in [-0.2, 0) is 13.5 Å². The van der Waals surface area contributed by atoms with Crippen molar-refractivity contribution in [2.24, 2.45) is 13.0 Å². The molecular formula is C20H23N2+. The molecule has 3 rings (SSSR count). The van der Waals surface area contributed by atoms with Crippen molar-refractivity contribution >= 4 is 10.9 Å². The van der Waals surface area contributed by atoms with E-state index in [9.17, 15) is 0 Å². The smallest absolute Gasteiger partial charge is 0.239 e. The highest BCUT2D eigenvalue weighted by molar-refractivity contribution is 5.90. The number of pyridine rings is 2. The molecule has 0 atom stereocenters. The molecule has 0 saturated heterocycles. The number of rotatable bonds is 3. The van der Waals surface area contributed by atoms with Gasteiger partial charge in [0.05, 0.1) is 5.56 Å². The fourth-order valence-corrected chi connectivity index (χ4v) is 2.96. The molecule has 0 aliphatic heterocycles. The van der Waals surface area contributed by atoms with Gasteiger partial charge in [-0.2, -0.15) is 4.57 Å². The van der Waals surface area contributed by atoms with Gasteiger partial charge in [0.25, 0.3) is 0 Å². The summed E-state index contributed by atoms with van der Waals surface area (Å²) < 4.78 is 2.18. The van der Waals surface area contributed by atoms with Gasteiger partial charge in [-0.15, -0.1) is 0 Å². The molecule has 0 unspecified atom stereocenters. The van der Waals surface area contributed by atoms with Crippen molar-refractivity contribution in [2.45, 2.75) is 27.2 Å². The van der Waals surface area contributed by atoms with Gasteiger partial charge in [0.15, 0.2) is 6.20 Å². The van der Waals surface area contributed by atoms with Crippen LogP contribution in [0.5, 0.6) is 0 Å². The van der Waals surface area contributed by atoms with Gasteiger partial charge >= 0.3 is 0 Å². The van der Waals surface area contributed by atoms with E-state index in [2.05, 4.69) is 81.0 Å². The van der Waals surface area contributed by atoms with Crippen molar-refractivity contribution in [3.63, 3.8) is 0 Å². The van der Waals surface area contributed by atoms with Crippen LogP contribution in [0, 0.1) is 12.8 Å². The van der Waals surface area contributed by atoms with Crippen molar-refractivity contribution in [3.8, 4) is 11.3 Å². The van der Waals surface area contributed by atoms with Gasteiger partial charge in [-0.25, -0.2) is 4.98 Å². The summed E-state index contributed by atoms with van der Waals surface area (Å²) >= 11 is 0. The minimum atomic E-state index is 0.615. The quantitative estimate of drug-likeness (QED) is 0.660. The highest BCUT2D eigenvalue weighted by Crippen LogP contribution is 2.26. The molecule has 0 radical (unpaired) electrons. The van der Waals surface area contributed by atoms with Gasteiger partial charge in [0.2, 0.25) is 5.69 Å². The number of hydrogen-bond donors (Lipinski definition) is 0. The number of nitrogens with zero attached hydrogens (tertiary/aromatic N) is 2. The van der Waals surface area contributed by atoms with Crippen LogP contribution in [0.3, 0.4) is 0 Å². The zero-order chi connectivity index (χ0) is 15.7. The van der Waals surface area contributed by atoms with Crippen molar-refractivity contribution in [1.29, 1.82) is 0 Å². The van der Waals surface area contributed by atoms with Gasteiger partial charge in [-0.1, -0.05) is 38.1 Å². The third-order valence-corrected chi connectivity index (χ3v) is 4.06. The van der Waals surface area contributed by atoms with E-state index >= 15 is 0 Å². The number of aryl methyl sites for hydroxylation is 2. The van der Waals surface area contributed by atoms with Gasteiger partial charge < -0.3 is 0 Å². The molecule has 1 aromatic carbocycles. The van der Waals surface area contributed by atoms with E-state index in [1.165, 1.54) is 27.9 Å². The van der Waals surface area contributed by atoms with Crippen LogP contribution < -0.4 is 4.57 Å². The molecule has 2 nitrogen and oxygen atoms in total. The number of hydrogen-bond acceptors (Lipinski definition) is 1. The maximum absolute atomic E-state index is 4.97. The summed E-state index contributed by atoms with van der Waals surface area (Å²) in [7, 11) is 2.10. The van der Waals surface area contributed by atoms with Gasteiger partial charge in [0.1, 0.15) is 12.6 Å². The fraction of sp³-hybridized carbons (Fsp3) is 0.300. The van der Waals surface area contributed by atoms with Crippen LogP contribution in [0.1, 0.15) is 25.1 Å². The van der Waals surface area contributed by atoms with E-state index in [1.807, 2.05) is 0 Å². The topological polar surface area (TPSA) is 16.8 Å². The summed E-state index contributed by atoms with van der Waals surface area (Å²) in [5.41, 5.74) is 5.99. The third kappa shape index (κ3) is 2.74. The van der Waals surface area contributed by atoms with Crippen molar-refractivity contribution in [2.75, 3.05) is 0 Å². The Kier molecular flexibility index (Phi) is 3.93. The maximum Gasteiger partial charge on any atom is 0.239 e. The van der Waals surface area contributed by atoms with Gasteiger partial charge in [-0.05, 0) is 37.0 Å². The third-order valence-electron chi connectivity index (χ3n) is 4.06. The lowest BCUT2D eigenvalue weighted by atomic mass is 10.0. The average Bonchev–Trinajstić information content (AvgIpc) is 2.48. The first-order chi connectivity index (χ1) is 10.6. The summed E-state index contributed by atoms with van der Waals surface area (Å²) in [6, 6.07) is 15.0. The number of benzene rings is 1. The molecule has 112 valence electrons. The first-order valence-corrected chi connectivity index (χ1v) is 7.90. The van der Waals surface area contributed by atoms with Crippen molar-refractivity contribution < 1.29 is 4.57 Å². The zero-order valence-electron chi connectivity index (χ0n) is 13.8. The minimum Gasteiger partial charge on any atom is -0.246 e. The van der Waals surface area contributed by atoms with Crippen LogP contribution in [0.2, 0.25) is 0 Å². The molecule has 0 bridgehead atoms. The van der Waals surface area contributed by atoms with Crippen LogP contribution in [0.25, 0.3) is 22.2 Å². The van der Waals surface area contributed by atoms with E-state index in [1.54, 1.807) is 0 Å². The van der Waals surface area contributed by atoms with E-state index in [4.69, 9.17) is 4.98 Å². The van der Waals surface area contributed by atoms with E-state index in [-0.39, 0.29) is 0 Å². The maximum atomic E-state index is 4.97. The average molecular weight is 291 g/mol. The standard InChI is InChI=1S/C20H23N2/c1-14(2)13-17-10-9-16-11-12-22(4)20(19(16)21-17)18-8-6-5-7-15(18)3/h5-12,14H,13H2,1-4H3/q+1. The number of aromatic nitrogens is 2.